The molecule has 0 aromatic heterocycles. The van der Waals surface area contributed by atoms with Crippen molar-refractivity contribution in [1.82, 2.24) is 10.2 Å². The Morgan fingerprint density at radius 2 is 2.10 bits per heavy atom. The molecule has 0 bridgehead atoms. The predicted octanol–water partition coefficient (Wildman–Crippen LogP) is 1.33. The Labute approximate surface area is 127 Å². The molecule has 1 aliphatic carbocycles. The topological polar surface area (TPSA) is 49.4 Å². The van der Waals surface area contributed by atoms with E-state index in [9.17, 15) is 8.42 Å². The molecule has 2 heterocycles. The lowest BCUT2D eigenvalue weighted by atomic mass is 9.85. The summed E-state index contributed by atoms with van der Waals surface area (Å²) in [6.07, 6.45) is 8.03. The van der Waals surface area contributed by atoms with Crippen LogP contribution in [-0.2, 0) is 9.84 Å². The van der Waals surface area contributed by atoms with E-state index in [-0.39, 0.29) is 5.37 Å². The second-order valence-electron chi connectivity index (χ2n) is 6.60. The number of hydrogen-bond donors (Lipinski definition) is 1. The monoisotopic (exact) mass is 318 g/mol. The third kappa shape index (κ3) is 3.34. The number of sulfone groups is 1. The number of thioether (sulfide) groups is 1. The van der Waals surface area contributed by atoms with Crippen LogP contribution in [0.15, 0.2) is 0 Å². The summed E-state index contributed by atoms with van der Waals surface area (Å²) in [5.41, 5.74) is 0. The first kappa shape index (κ1) is 15.1. The van der Waals surface area contributed by atoms with Gasteiger partial charge in [0.25, 0.3) is 0 Å². The summed E-state index contributed by atoms with van der Waals surface area (Å²) in [6.45, 7) is 1.82. The van der Waals surface area contributed by atoms with Gasteiger partial charge in [-0.2, -0.15) is 11.8 Å². The second-order valence-corrected chi connectivity index (χ2v) is 9.96. The van der Waals surface area contributed by atoms with Crippen LogP contribution in [0.1, 0.15) is 32.1 Å². The maximum absolute atomic E-state index is 11.9. The lowest BCUT2D eigenvalue weighted by molar-refractivity contribution is 0.243. The van der Waals surface area contributed by atoms with Crippen molar-refractivity contribution in [3.8, 4) is 0 Å². The van der Waals surface area contributed by atoms with Crippen molar-refractivity contribution in [2.24, 2.45) is 5.92 Å². The van der Waals surface area contributed by atoms with E-state index in [0.29, 0.717) is 12.1 Å². The van der Waals surface area contributed by atoms with Crippen molar-refractivity contribution in [3.63, 3.8) is 0 Å². The van der Waals surface area contributed by atoms with E-state index < -0.39 is 9.84 Å². The Bertz CT molecular complexity index is 426. The van der Waals surface area contributed by atoms with Gasteiger partial charge >= 0.3 is 0 Å². The normalized spacial score (nSPS) is 39.6. The van der Waals surface area contributed by atoms with Crippen LogP contribution in [0.25, 0.3) is 0 Å². The highest BCUT2D eigenvalue weighted by atomic mass is 32.2. The summed E-state index contributed by atoms with van der Waals surface area (Å²) in [4.78, 5) is 2.21. The SMILES string of the molecule is CS(=O)(=O)C1CSCCN1CC1CC2CCCCC2N1. The summed E-state index contributed by atoms with van der Waals surface area (Å²) < 4.78 is 23.9. The zero-order valence-corrected chi connectivity index (χ0v) is 13.9. The third-order valence-electron chi connectivity index (χ3n) is 5.09. The molecule has 1 N–H and O–H groups in total. The highest BCUT2D eigenvalue weighted by molar-refractivity contribution is 8.00. The molecule has 0 aromatic rings. The predicted molar refractivity (Wildman–Crippen MR) is 84.8 cm³/mol. The molecule has 0 aromatic carbocycles. The van der Waals surface area contributed by atoms with Crippen molar-refractivity contribution in [2.75, 3.05) is 30.9 Å². The molecule has 0 radical (unpaired) electrons. The molecule has 1 saturated carbocycles. The summed E-state index contributed by atoms with van der Waals surface area (Å²) in [7, 11) is -2.97. The van der Waals surface area contributed by atoms with E-state index in [2.05, 4.69) is 10.2 Å². The van der Waals surface area contributed by atoms with Gasteiger partial charge < -0.3 is 5.32 Å². The first-order valence-corrected chi connectivity index (χ1v) is 10.9. The number of rotatable bonds is 3. The Balaban J connectivity index is 1.61. The quantitative estimate of drug-likeness (QED) is 0.851. The average Bonchev–Trinajstić information content (AvgIpc) is 2.80. The van der Waals surface area contributed by atoms with Crippen LogP contribution in [0, 0.1) is 5.92 Å². The van der Waals surface area contributed by atoms with Crippen LogP contribution < -0.4 is 5.32 Å². The van der Waals surface area contributed by atoms with E-state index in [1.807, 2.05) is 0 Å². The largest absolute Gasteiger partial charge is 0.310 e. The molecule has 3 fully saturated rings. The molecule has 116 valence electrons. The van der Waals surface area contributed by atoms with Crippen molar-refractivity contribution in [2.45, 2.75) is 49.6 Å². The van der Waals surface area contributed by atoms with Crippen molar-refractivity contribution in [1.29, 1.82) is 0 Å². The Morgan fingerprint density at radius 1 is 1.30 bits per heavy atom. The minimum absolute atomic E-state index is 0.273. The minimum Gasteiger partial charge on any atom is -0.310 e. The van der Waals surface area contributed by atoms with Gasteiger partial charge in [0.1, 0.15) is 5.37 Å². The molecular formula is C14H26N2O2S2. The van der Waals surface area contributed by atoms with E-state index in [1.54, 1.807) is 11.8 Å². The summed E-state index contributed by atoms with van der Waals surface area (Å²) >= 11 is 1.77. The molecule has 4 nitrogen and oxygen atoms in total. The number of hydrogen-bond acceptors (Lipinski definition) is 5. The number of nitrogens with zero attached hydrogens (tertiary/aromatic N) is 1. The molecule has 0 amide bonds. The van der Waals surface area contributed by atoms with Crippen LogP contribution in [0.5, 0.6) is 0 Å². The van der Waals surface area contributed by atoms with Gasteiger partial charge in [0, 0.05) is 42.9 Å². The Kier molecular flexibility index (Phi) is 4.65. The third-order valence-corrected chi connectivity index (χ3v) is 7.77. The number of fused-ring (bicyclic) bond motifs is 1. The van der Waals surface area contributed by atoms with Crippen LogP contribution in [0.2, 0.25) is 0 Å². The van der Waals surface area contributed by atoms with Gasteiger partial charge in [-0.1, -0.05) is 12.8 Å². The van der Waals surface area contributed by atoms with Gasteiger partial charge in [-0.05, 0) is 25.2 Å². The van der Waals surface area contributed by atoms with E-state index in [0.717, 1.165) is 30.5 Å². The molecule has 6 heteroatoms. The van der Waals surface area contributed by atoms with Gasteiger partial charge in [0.05, 0.1) is 0 Å². The second kappa shape index (κ2) is 6.15. The molecule has 0 spiro atoms. The van der Waals surface area contributed by atoms with E-state index >= 15 is 0 Å². The van der Waals surface area contributed by atoms with Crippen LogP contribution >= 0.6 is 11.8 Å². The maximum Gasteiger partial charge on any atom is 0.164 e. The summed E-state index contributed by atoms with van der Waals surface area (Å²) in [6, 6.07) is 1.19. The van der Waals surface area contributed by atoms with E-state index in [1.165, 1.54) is 38.4 Å². The van der Waals surface area contributed by atoms with Gasteiger partial charge in [0.15, 0.2) is 9.84 Å². The molecule has 4 unspecified atom stereocenters. The fraction of sp³-hybridized carbons (Fsp3) is 1.00. The van der Waals surface area contributed by atoms with Crippen LogP contribution in [0.3, 0.4) is 0 Å². The van der Waals surface area contributed by atoms with E-state index in [4.69, 9.17) is 0 Å². The Hall–Kier alpha value is 0.220. The zero-order chi connectivity index (χ0) is 14.2. The average molecular weight is 319 g/mol. The molecule has 20 heavy (non-hydrogen) atoms. The number of nitrogens with one attached hydrogen (secondary N) is 1. The fourth-order valence-electron chi connectivity index (χ4n) is 4.07. The first-order valence-electron chi connectivity index (χ1n) is 7.81. The highest BCUT2D eigenvalue weighted by Gasteiger charge is 2.38. The standard InChI is InChI=1S/C14H26N2O2S2/c1-20(17,18)14-10-19-7-6-16(14)9-12-8-11-4-2-3-5-13(11)15-12/h11-15H,2-10H2,1H3. The highest BCUT2D eigenvalue weighted by Crippen LogP contribution is 2.34. The molecule has 2 aliphatic heterocycles. The van der Waals surface area contributed by atoms with Gasteiger partial charge in [-0.15, -0.1) is 0 Å². The smallest absolute Gasteiger partial charge is 0.164 e. The lowest BCUT2D eigenvalue weighted by Crippen LogP contribution is -2.51. The fourth-order valence-corrected chi connectivity index (χ4v) is 7.03. The minimum atomic E-state index is -2.97. The molecule has 3 aliphatic rings. The Morgan fingerprint density at radius 3 is 2.85 bits per heavy atom. The van der Waals surface area contributed by atoms with Gasteiger partial charge in [-0.25, -0.2) is 8.42 Å². The first-order chi connectivity index (χ1) is 9.54. The molecule has 4 atom stereocenters. The van der Waals surface area contributed by atoms with Crippen molar-refractivity contribution < 1.29 is 8.42 Å². The summed E-state index contributed by atoms with van der Waals surface area (Å²) in [5.74, 6) is 2.63. The zero-order valence-electron chi connectivity index (χ0n) is 12.3. The van der Waals surface area contributed by atoms with Crippen molar-refractivity contribution >= 4 is 21.6 Å². The summed E-state index contributed by atoms with van der Waals surface area (Å²) in [5, 5.41) is 3.50. The van der Waals surface area contributed by atoms with Crippen molar-refractivity contribution in [3.05, 3.63) is 0 Å². The maximum atomic E-state index is 11.9. The van der Waals surface area contributed by atoms with Crippen LogP contribution in [0.4, 0.5) is 0 Å². The van der Waals surface area contributed by atoms with Gasteiger partial charge in [-0.3, -0.25) is 4.90 Å². The molecular weight excluding hydrogens is 292 g/mol. The molecule has 2 saturated heterocycles. The molecule has 3 rings (SSSR count). The van der Waals surface area contributed by atoms with Gasteiger partial charge in [0.2, 0.25) is 0 Å². The lowest BCUT2D eigenvalue weighted by Gasteiger charge is -2.35. The van der Waals surface area contributed by atoms with Crippen LogP contribution in [-0.4, -0.2) is 61.6 Å².